The first-order valence-corrected chi connectivity index (χ1v) is 6.84. The highest BCUT2D eigenvalue weighted by Gasteiger charge is 2.21. The first-order valence-electron chi connectivity index (χ1n) is 6.84. The molecule has 1 atom stereocenters. The second-order valence-corrected chi connectivity index (χ2v) is 4.91. The van der Waals surface area contributed by atoms with E-state index in [-0.39, 0.29) is 12.0 Å². The van der Waals surface area contributed by atoms with Gasteiger partial charge in [-0.3, -0.25) is 4.79 Å². The van der Waals surface area contributed by atoms with Crippen molar-refractivity contribution in [3.8, 4) is 0 Å². The van der Waals surface area contributed by atoms with Crippen molar-refractivity contribution in [2.75, 3.05) is 20.3 Å². The van der Waals surface area contributed by atoms with Gasteiger partial charge in [-0.05, 0) is 25.3 Å². The third-order valence-corrected chi connectivity index (χ3v) is 3.57. The van der Waals surface area contributed by atoms with Crippen LogP contribution in [0.2, 0.25) is 0 Å². The van der Waals surface area contributed by atoms with Gasteiger partial charge in [-0.1, -0.05) is 0 Å². The van der Waals surface area contributed by atoms with Crippen LogP contribution in [0.25, 0.3) is 0 Å². The second kappa shape index (κ2) is 6.73. The van der Waals surface area contributed by atoms with E-state index in [4.69, 9.17) is 4.74 Å². The molecule has 0 saturated heterocycles. The maximum Gasteiger partial charge on any atom is 0.221 e. The van der Waals surface area contributed by atoms with Crippen LogP contribution in [0.5, 0.6) is 0 Å². The molecular formula is C14H22N2O3. The molecule has 0 aliphatic heterocycles. The van der Waals surface area contributed by atoms with Crippen molar-refractivity contribution in [2.24, 2.45) is 0 Å². The Morgan fingerprint density at radius 3 is 3.26 bits per heavy atom. The Morgan fingerprint density at radius 1 is 1.63 bits per heavy atom. The fourth-order valence-corrected chi connectivity index (χ4v) is 2.54. The average molecular weight is 266 g/mol. The number of methoxy groups -OCH3 is 1. The summed E-state index contributed by atoms with van der Waals surface area (Å²) in [6.07, 6.45) is 4.94. The van der Waals surface area contributed by atoms with Gasteiger partial charge in [0.1, 0.15) is 0 Å². The number of ether oxygens (including phenoxy) is 1. The molecule has 1 aliphatic carbocycles. The summed E-state index contributed by atoms with van der Waals surface area (Å²) < 4.78 is 6.97. The standard InChI is InChI=1S/C14H22N2O3/c1-19-10-7-15-14(18)6-9-16-8-5-11-12(16)3-2-4-13(11)17/h5,8,13,17H,2-4,6-7,9-10H2,1H3,(H,15,18). The van der Waals surface area contributed by atoms with E-state index in [2.05, 4.69) is 9.88 Å². The predicted molar refractivity (Wildman–Crippen MR) is 71.8 cm³/mol. The summed E-state index contributed by atoms with van der Waals surface area (Å²) >= 11 is 0. The molecule has 1 aliphatic rings. The van der Waals surface area contributed by atoms with Gasteiger partial charge in [0.05, 0.1) is 12.7 Å². The van der Waals surface area contributed by atoms with Gasteiger partial charge in [0.2, 0.25) is 5.91 Å². The van der Waals surface area contributed by atoms with Gasteiger partial charge in [-0.2, -0.15) is 0 Å². The normalized spacial score (nSPS) is 18.1. The summed E-state index contributed by atoms with van der Waals surface area (Å²) in [4.78, 5) is 11.6. The molecule has 1 unspecified atom stereocenters. The van der Waals surface area contributed by atoms with Crippen molar-refractivity contribution in [1.29, 1.82) is 0 Å². The lowest BCUT2D eigenvalue weighted by Crippen LogP contribution is -2.27. The van der Waals surface area contributed by atoms with Crippen molar-refractivity contribution >= 4 is 5.91 Å². The van der Waals surface area contributed by atoms with Gasteiger partial charge in [0, 0.05) is 44.1 Å². The maximum atomic E-state index is 11.6. The third-order valence-electron chi connectivity index (χ3n) is 3.57. The predicted octanol–water partition coefficient (Wildman–Crippen LogP) is 1.01. The lowest BCUT2D eigenvalue weighted by atomic mass is 9.95. The third kappa shape index (κ3) is 3.58. The Hall–Kier alpha value is -1.33. The average Bonchev–Trinajstić information content (AvgIpc) is 2.81. The molecule has 1 amide bonds. The Kier molecular flexibility index (Phi) is 4.99. The minimum Gasteiger partial charge on any atom is -0.388 e. The van der Waals surface area contributed by atoms with E-state index >= 15 is 0 Å². The summed E-state index contributed by atoms with van der Waals surface area (Å²) in [5, 5.41) is 12.7. The van der Waals surface area contributed by atoms with E-state index in [1.165, 1.54) is 5.69 Å². The first-order chi connectivity index (χ1) is 9.22. The van der Waals surface area contributed by atoms with Crippen LogP contribution >= 0.6 is 0 Å². The summed E-state index contributed by atoms with van der Waals surface area (Å²) in [6, 6.07) is 1.97. The van der Waals surface area contributed by atoms with Crippen LogP contribution < -0.4 is 5.32 Å². The van der Waals surface area contributed by atoms with Crippen LogP contribution in [-0.4, -0.2) is 35.8 Å². The van der Waals surface area contributed by atoms with E-state index in [1.54, 1.807) is 7.11 Å². The number of aryl methyl sites for hydroxylation is 1. The molecule has 0 aromatic carbocycles. The van der Waals surface area contributed by atoms with Crippen molar-refractivity contribution in [2.45, 2.75) is 38.3 Å². The summed E-state index contributed by atoms with van der Waals surface area (Å²) in [5.41, 5.74) is 2.22. The largest absolute Gasteiger partial charge is 0.388 e. The number of nitrogens with one attached hydrogen (secondary N) is 1. The Labute approximate surface area is 113 Å². The molecule has 1 heterocycles. The fraction of sp³-hybridized carbons (Fsp3) is 0.643. The van der Waals surface area contributed by atoms with E-state index < -0.39 is 0 Å². The Balaban J connectivity index is 1.85. The molecular weight excluding hydrogens is 244 g/mol. The number of carbonyl (C=O) groups excluding carboxylic acids is 1. The van der Waals surface area contributed by atoms with Gasteiger partial charge < -0.3 is 19.7 Å². The molecule has 1 aromatic heterocycles. The molecule has 0 spiro atoms. The Bertz CT molecular complexity index is 428. The summed E-state index contributed by atoms with van der Waals surface area (Å²) in [6.45, 7) is 1.76. The lowest BCUT2D eigenvalue weighted by Gasteiger charge is -2.20. The highest BCUT2D eigenvalue weighted by Crippen LogP contribution is 2.30. The number of aromatic nitrogens is 1. The first kappa shape index (κ1) is 14.1. The van der Waals surface area contributed by atoms with E-state index in [0.29, 0.717) is 26.1 Å². The molecule has 0 bridgehead atoms. The second-order valence-electron chi connectivity index (χ2n) is 4.91. The monoisotopic (exact) mass is 266 g/mol. The van der Waals surface area contributed by atoms with Crippen LogP contribution in [-0.2, 0) is 22.5 Å². The SMILES string of the molecule is COCCNC(=O)CCn1ccc2c1CCCC2O. The number of aliphatic hydroxyl groups excluding tert-OH is 1. The molecule has 5 nitrogen and oxygen atoms in total. The number of carbonyl (C=O) groups is 1. The van der Waals surface area contributed by atoms with Crippen LogP contribution in [0.4, 0.5) is 0 Å². The number of hydrogen-bond acceptors (Lipinski definition) is 3. The van der Waals surface area contributed by atoms with Crippen molar-refractivity contribution < 1.29 is 14.6 Å². The van der Waals surface area contributed by atoms with E-state index in [9.17, 15) is 9.90 Å². The molecule has 0 saturated carbocycles. The molecule has 106 valence electrons. The van der Waals surface area contributed by atoms with Gasteiger partial charge in [-0.25, -0.2) is 0 Å². The smallest absolute Gasteiger partial charge is 0.221 e. The van der Waals surface area contributed by atoms with Crippen molar-refractivity contribution in [3.05, 3.63) is 23.5 Å². The fourth-order valence-electron chi connectivity index (χ4n) is 2.54. The zero-order valence-corrected chi connectivity index (χ0v) is 11.4. The quantitative estimate of drug-likeness (QED) is 0.755. The van der Waals surface area contributed by atoms with E-state index in [1.807, 2.05) is 12.3 Å². The topological polar surface area (TPSA) is 63.5 Å². The molecule has 2 rings (SSSR count). The van der Waals surface area contributed by atoms with Crippen LogP contribution in [0.3, 0.4) is 0 Å². The number of amides is 1. The van der Waals surface area contributed by atoms with Crippen LogP contribution in [0.15, 0.2) is 12.3 Å². The van der Waals surface area contributed by atoms with E-state index in [0.717, 1.165) is 24.8 Å². The molecule has 19 heavy (non-hydrogen) atoms. The van der Waals surface area contributed by atoms with Gasteiger partial charge in [-0.15, -0.1) is 0 Å². The number of aliphatic hydroxyl groups is 1. The van der Waals surface area contributed by atoms with Gasteiger partial charge >= 0.3 is 0 Å². The summed E-state index contributed by atoms with van der Waals surface area (Å²) in [7, 11) is 1.61. The van der Waals surface area contributed by atoms with Crippen LogP contribution in [0, 0.1) is 0 Å². The Morgan fingerprint density at radius 2 is 2.47 bits per heavy atom. The molecule has 0 radical (unpaired) electrons. The number of nitrogens with zero attached hydrogens (tertiary/aromatic N) is 1. The highest BCUT2D eigenvalue weighted by atomic mass is 16.5. The lowest BCUT2D eigenvalue weighted by molar-refractivity contribution is -0.121. The van der Waals surface area contributed by atoms with Crippen molar-refractivity contribution in [1.82, 2.24) is 9.88 Å². The minimum atomic E-state index is -0.333. The zero-order chi connectivity index (χ0) is 13.7. The maximum absolute atomic E-state index is 11.6. The van der Waals surface area contributed by atoms with Gasteiger partial charge in [0.25, 0.3) is 0 Å². The van der Waals surface area contributed by atoms with Crippen molar-refractivity contribution in [3.63, 3.8) is 0 Å². The molecule has 2 N–H and O–H groups in total. The molecule has 5 heteroatoms. The minimum absolute atomic E-state index is 0.0378. The molecule has 1 aromatic rings. The highest BCUT2D eigenvalue weighted by molar-refractivity contribution is 5.75. The number of fused-ring (bicyclic) bond motifs is 1. The summed E-state index contributed by atoms with van der Waals surface area (Å²) in [5.74, 6) is 0.0378. The number of hydrogen-bond donors (Lipinski definition) is 2. The van der Waals surface area contributed by atoms with Gasteiger partial charge in [0.15, 0.2) is 0 Å². The van der Waals surface area contributed by atoms with Crippen LogP contribution in [0.1, 0.15) is 36.6 Å². The zero-order valence-electron chi connectivity index (χ0n) is 11.4. The number of rotatable bonds is 6. The molecule has 0 fully saturated rings.